The Bertz CT molecular complexity index is 534. The molecule has 4 nitrogen and oxygen atoms in total. The van der Waals surface area contributed by atoms with Gasteiger partial charge in [-0.2, -0.15) is 0 Å². The minimum absolute atomic E-state index is 0.00352. The molecule has 0 spiro atoms. The second-order valence-electron chi connectivity index (χ2n) is 5.94. The van der Waals surface area contributed by atoms with Crippen molar-refractivity contribution in [1.82, 2.24) is 4.90 Å². The molecular formula is C16H20FNO3. The zero-order valence-corrected chi connectivity index (χ0v) is 11.9. The van der Waals surface area contributed by atoms with E-state index < -0.39 is 5.97 Å². The highest BCUT2D eigenvalue weighted by molar-refractivity contribution is 5.67. The van der Waals surface area contributed by atoms with Crippen LogP contribution >= 0.6 is 0 Å². The predicted octanol–water partition coefficient (Wildman–Crippen LogP) is 2.46. The van der Waals surface area contributed by atoms with Crippen molar-refractivity contribution in [2.45, 2.75) is 44.2 Å². The van der Waals surface area contributed by atoms with Crippen molar-refractivity contribution in [3.05, 3.63) is 29.6 Å². The lowest BCUT2D eigenvalue weighted by Gasteiger charge is -2.36. The number of ether oxygens (including phenoxy) is 1. The number of piperidine rings is 1. The lowest BCUT2D eigenvalue weighted by atomic mass is 9.98. The fourth-order valence-corrected chi connectivity index (χ4v) is 3.39. The third kappa shape index (κ3) is 3.35. The Morgan fingerprint density at radius 1 is 1.43 bits per heavy atom. The molecule has 0 bridgehead atoms. The summed E-state index contributed by atoms with van der Waals surface area (Å²) >= 11 is 0. The zero-order chi connectivity index (χ0) is 14.8. The molecule has 0 aliphatic carbocycles. The maximum Gasteiger partial charge on any atom is 0.304 e. The normalized spacial score (nSPS) is 25.4. The molecule has 0 amide bonds. The number of hydrogen-bond acceptors (Lipinski definition) is 3. The summed E-state index contributed by atoms with van der Waals surface area (Å²) in [6, 6.07) is 4.71. The molecule has 2 aliphatic rings. The quantitative estimate of drug-likeness (QED) is 0.926. The minimum Gasteiger partial charge on any atom is -0.488 e. The van der Waals surface area contributed by atoms with Crippen LogP contribution in [-0.4, -0.2) is 41.2 Å². The van der Waals surface area contributed by atoms with Gasteiger partial charge in [0.15, 0.2) is 0 Å². The summed E-state index contributed by atoms with van der Waals surface area (Å²) < 4.78 is 19.1. The lowest BCUT2D eigenvalue weighted by molar-refractivity contribution is -0.138. The smallest absolute Gasteiger partial charge is 0.304 e. The average Bonchev–Trinajstić information content (AvgIpc) is 2.82. The van der Waals surface area contributed by atoms with Gasteiger partial charge in [0.2, 0.25) is 0 Å². The first kappa shape index (κ1) is 14.3. The van der Waals surface area contributed by atoms with E-state index in [1.807, 2.05) is 0 Å². The van der Waals surface area contributed by atoms with Gasteiger partial charge < -0.3 is 9.84 Å². The van der Waals surface area contributed by atoms with Crippen molar-refractivity contribution in [2.24, 2.45) is 0 Å². The largest absolute Gasteiger partial charge is 0.488 e. The third-order valence-corrected chi connectivity index (χ3v) is 4.36. The monoisotopic (exact) mass is 293 g/mol. The van der Waals surface area contributed by atoms with Gasteiger partial charge in [-0.1, -0.05) is 6.42 Å². The highest BCUT2D eigenvalue weighted by atomic mass is 19.1. The third-order valence-electron chi connectivity index (χ3n) is 4.36. The minimum atomic E-state index is -0.746. The van der Waals surface area contributed by atoms with Crippen molar-refractivity contribution in [2.75, 3.05) is 13.1 Å². The van der Waals surface area contributed by atoms with Gasteiger partial charge >= 0.3 is 5.97 Å². The van der Waals surface area contributed by atoms with Crippen molar-refractivity contribution >= 4 is 5.97 Å². The number of carboxylic acid groups (broad SMARTS) is 1. The number of likely N-dealkylation sites (tertiary alicyclic amines) is 1. The van der Waals surface area contributed by atoms with E-state index in [0.29, 0.717) is 13.0 Å². The molecule has 0 radical (unpaired) electrons. The van der Waals surface area contributed by atoms with Crippen molar-refractivity contribution in [1.29, 1.82) is 0 Å². The molecule has 0 saturated carbocycles. The summed E-state index contributed by atoms with van der Waals surface area (Å²) in [5.41, 5.74) is 0.909. The van der Waals surface area contributed by atoms with E-state index in [9.17, 15) is 9.18 Å². The highest BCUT2D eigenvalue weighted by Crippen LogP contribution is 2.30. The Hall–Kier alpha value is -1.62. The molecule has 21 heavy (non-hydrogen) atoms. The molecule has 2 aliphatic heterocycles. The molecule has 1 aromatic rings. The Morgan fingerprint density at radius 2 is 2.29 bits per heavy atom. The average molecular weight is 293 g/mol. The lowest BCUT2D eigenvalue weighted by Crippen LogP contribution is -2.45. The van der Waals surface area contributed by atoms with Crippen molar-refractivity contribution < 1.29 is 19.0 Å². The molecule has 2 heterocycles. The number of hydrogen-bond donors (Lipinski definition) is 1. The first-order valence-electron chi connectivity index (χ1n) is 7.53. The topological polar surface area (TPSA) is 49.8 Å². The van der Waals surface area contributed by atoms with Gasteiger partial charge in [-0.25, -0.2) is 4.39 Å². The summed E-state index contributed by atoms with van der Waals surface area (Å²) in [7, 11) is 0. The number of fused-ring (bicyclic) bond motifs is 1. The second kappa shape index (κ2) is 6.02. The number of nitrogens with zero attached hydrogens (tertiary/aromatic N) is 1. The van der Waals surface area contributed by atoms with Gasteiger partial charge in [-0.05, 0) is 37.6 Å². The zero-order valence-electron chi connectivity index (χ0n) is 11.9. The van der Waals surface area contributed by atoms with Crippen LogP contribution < -0.4 is 4.74 Å². The summed E-state index contributed by atoms with van der Waals surface area (Å²) in [6.45, 7) is 1.64. The van der Waals surface area contributed by atoms with E-state index in [2.05, 4.69) is 4.90 Å². The van der Waals surface area contributed by atoms with Gasteiger partial charge in [0.05, 0.1) is 6.42 Å². The second-order valence-corrected chi connectivity index (χ2v) is 5.94. The highest BCUT2D eigenvalue weighted by Gasteiger charge is 2.30. The SMILES string of the molecule is O=C(O)CC1CCCCN1CC1Cc2cc(F)ccc2O1. The summed E-state index contributed by atoms with van der Waals surface area (Å²) in [6.07, 6.45) is 4.00. The molecule has 114 valence electrons. The van der Waals surface area contributed by atoms with Crippen LogP contribution in [0.3, 0.4) is 0 Å². The Morgan fingerprint density at radius 3 is 3.10 bits per heavy atom. The predicted molar refractivity (Wildman–Crippen MR) is 76.0 cm³/mol. The van der Waals surface area contributed by atoms with Gasteiger partial charge in [-0.3, -0.25) is 9.69 Å². The van der Waals surface area contributed by atoms with E-state index >= 15 is 0 Å². The molecule has 2 unspecified atom stereocenters. The Balaban J connectivity index is 1.62. The standard InChI is InChI=1S/C16H20FNO3/c17-12-4-5-15-11(7-12)8-14(21-15)10-18-6-2-1-3-13(18)9-16(19)20/h4-5,7,13-14H,1-3,6,8-10H2,(H,19,20). The van der Waals surface area contributed by atoms with Crippen LogP contribution in [-0.2, 0) is 11.2 Å². The number of rotatable bonds is 4. The molecule has 1 aromatic carbocycles. The van der Waals surface area contributed by atoms with Crippen LogP contribution in [0.4, 0.5) is 4.39 Å². The molecule has 1 saturated heterocycles. The van der Waals surface area contributed by atoms with Crippen LogP contribution in [0.25, 0.3) is 0 Å². The number of aliphatic carboxylic acids is 1. The first-order valence-corrected chi connectivity index (χ1v) is 7.53. The number of benzene rings is 1. The maximum atomic E-state index is 13.2. The number of carboxylic acids is 1. The van der Waals surface area contributed by atoms with E-state index in [-0.39, 0.29) is 24.4 Å². The molecular weight excluding hydrogens is 273 g/mol. The van der Waals surface area contributed by atoms with Gasteiger partial charge in [0, 0.05) is 24.6 Å². The summed E-state index contributed by atoms with van der Waals surface area (Å²) in [5.74, 6) is -0.225. The fraction of sp³-hybridized carbons (Fsp3) is 0.562. The van der Waals surface area contributed by atoms with Crippen LogP contribution in [0.15, 0.2) is 18.2 Å². The van der Waals surface area contributed by atoms with E-state index in [0.717, 1.165) is 37.1 Å². The van der Waals surface area contributed by atoms with Crippen molar-refractivity contribution in [3.8, 4) is 5.75 Å². The van der Waals surface area contributed by atoms with Crippen LogP contribution in [0.5, 0.6) is 5.75 Å². The Kier molecular flexibility index (Phi) is 4.10. The van der Waals surface area contributed by atoms with Crippen molar-refractivity contribution in [3.63, 3.8) is 0 Å². The van der Waals surface area contributed by atoms with Crippen LogP contribution in [0.1, 0.15) is 31.2 Å². The first-order chi connectivity index (χ1) is 10.1. The fourth-order valence-electron chi connectivity index (χ4n) is 3.39. The summed E-state index contributed by atoms with van der Waals surface area (Å²) in [5, 5.41) is 9.02. The van der Waals surface area contributed by atoms with Gasteiger partial charge in [-0.15, -0.1) is 0 Å². The Labute approximate surface area is 123 Å². The van der Waals surface area contributed by atoms with Crippen LogP contribution in [0, 0.1) is 5.82 Å². The van der Waals surface area contributed by atoms with Crippen LogP contribution in [0.2, 0.25) is 0 Å². The molecule has 3 rings (SSSR count). The van der Waals surface area contributed by atoms with E-state index in [1.165, 1.54) is 12.1 Å². The maximum absolute atomic E-state index is 13.2. The molecule has 0 aromatic heterocycles. The molecule has 5 heteroatoms. The molecule has 1 N–H and O–H groups in total. The number of carbonyl (C=O) groups is 1. The van der Waals surface area contributed by atoms with Gasteiger partial charge in [0.25, 0.3) is 0 Å². The molecule has 2 atom stereocenters. The van der Waals surface area contributed by atoms with Gasteiger partial charge in [0.1, 0.15) is 17.7 Å². The van der Waals surface area contributed by atoms with E-state index in [1.54, 1.807) is 6.07 Å². The van der Waals surface area contributed by atoms with E-state index in [4.69, 9.17) is 9.84 Å². The molecule has 1 fully saturated rings. The number of halogens is 1. The summed E-state index contributed by atoms with van der Waals surface area (Å²) in [4.78, 5) is 13.2.